The van der Waals surface area contributed by atoms with Gasteiger partial charge in [0.1, 0.15) is 23.3 Å². The van der Waals surface area contributed by atoms with Crippen LogP contribution in [0.5, 0.6) is 0 Å². The summed E-state index contributed by atoms with van der Waals surface area (Å²) in [7, 11) is -4.46. The van der Waals surface area contributed by atoms with Crippen molar-refractivity contribution in [1.29, 1.82) is 0 Å². The highest BCUT2D eigenvalue weighted by atomic mass is 32.2. The summed E-state index contributed by atoms with van der Waals surface area (Å²) in [5.74, 6) is -1.95. The second-order valence-electron chi connectivity index (χ2n) is 5.67. The zero-order valence-electron chi connectivity index (χ0n) is 12.2. The Balaban J connectivity index is 2.46. The molecule has 0 N–H and O–H groups in total. The van der Waals surface area contributed by atoms with Crippen LogP contribution in [0.1, 0.15) is 32.4 Å². The highest BCUT2D eigenvalue weighted by Crippen LogP contribution is 2.35. The van der Waals surface area contributed by atoms with Gasteiger partial charge in [0, 0.05) is 5.56 Å². The number of benzene rings is 1. The third-order valence-corrected chi connectivity index (χ3v) is 4.12. The molecule has 2 rings (SSSR count). The van der Waals surface area contributed by atoms with Crippen LogP contribution >= 0.6 is 0 Å². The maximum Gasteiger partial charge on any atom is 0.426 e. The van der Waals surface area contributed by atoms with Crippen LogP contribution in [0.4, 0.5) is 13.6 Å². The molecule has 0 bridgehead atoms. The second-order valence-corrected chi connectivity index (χ2v) is 7.15. The molecule has 0 saturated carbocycles. The Kier molecular flexibility index (Phi) is 4.14. The molecular weight excluding hydrogens is 320 g/mol. The Bertz CT molecular complexity index is 679. The van der Waals surface area contributed by atoms with E-state index in [1.165, 1.54) is 20.8 Å². The first-order valence-electron chi connectivity index (χ1n) is 6.38. The minimum atomic E-state index is -4.46. The quantitative estimate of drug-likeness (QED) is 0.788. The van der Waals surface area contributed by atoms with E-state index in [9.17, 15) is 22.0 Å². The van der Waals surface area contributed by atoms with Crippen LogP contribution < -0.4 is 0 Å². The zero-order chi connectivity index (χ0) is 16.7. The van der Waals surface area contributed by atoms with Crippen LogP contribution in [0.15, 0.2) is 18.2 Å². The number of halogens is 2. The standard InChI is InChI=1S/C13H15F2NO5S/c1-13(2,3)21-12(17)16-10(7-20-22(16,18)19)11-8(14)5-4-6-9(11)15/h4-6,10H,7H2,1-3H3/t10-/m1/s1. The van der Waals surface area contributed by atoms with Crippen molar-refractivity contribution < 1.29 is 30.9 Å². The zero-order valence-corrected chi connectivity index (χ0v) is 13.0. The van der Waals surface area contributed by atoms with Crippen molar-refractivity contribution in [3.05, 3.63) is 35.4 Å². The molecule has 1 fully saturated rings. The van der Waals surface area contributed by atoms with Crippen LogP contribution in [-0.2, 0) is 19.2 Å². The summed E-state index contributed by atoms with van der Waals surface area (Å²) in [4.78, 5) is 12.1. The van der Waals surface area contributed by atoms with Gasteiger partial charge in [-0.15, -0.1) is 0 Å². The van der Waals surface area contributed by atoms with E-state index >= 15 is 0 Å². The summed E-state index contributed by atoms with van der Waals surface area (Å²) in [6.07, 6.45) is -1.25. The summed E-state index contributed by atoms with van der Waals surface area (Å²) in [6.45, 7) is 4.02. The minimum Gasteiger partial charge on any atom is -0.443 e. The number of carbonyl (C=O) groups is 1. The number of nitrogens with zero attached hydrogens (tertiary/aromatic N) is 1. The van der Waals surface area contributed by atoms with Crippen molar-refractivity contribution >= 4 is 16.4 Å². The smallest absolute Gasteiger partial charge is 0.426 e. The van der Waals surface area contributed by atoms with E-state index in [-0.39, 0.29) is 4.31 Å². The van der Waals surface area contributed by atoms with Gasteiger partial charge in [-0.1, -0.05) is 6.07 Å². The fourth-order valence-electron chi connectivity index (χ4n) is 1.99. The van der Waals surface area contributed by atoms with Gasteiger partial charge in [-0.3, -0.25) is 4.18 Å². The molecule has 1 heterocycles. The highest BCUT2D eigenvalue weighted by Gasteiger charge is 2.47. The van der Waals surface area contributed by atoms with Gasteiger partial charge >= 0.3 is 16.4 Å². The SMILES string of the molecule is CC(C)(C)OC(=O)N1[C@@H](c2c(F)cccc2F)COS1(=O)=O. The third kappa shape index (κ3) is 3.20. The van der Waals surface area contributed by atoms with E-state index in [1.807, 2.05) is 0 Å². The average molecular weight is 335 g/mol. The maximum absolute atomic E-state index is 13.9. The molecule has 9 heteroatoms. The molecule has 0 aromatic heterocycles. The van der Waals surface area contributed by atoms with E-state index in [0.717, 1.165) is 18.2 Å². The Morgan fingerprint density at radius 3 is 2.36 bits per heavy atom. The Labute approximate surface area is 126 Å². The van der Waals surface area contributed by atoms with Crippen molar-refractivity contribution in [2.45, 2.75) is 32.4 Å². The molecular formula is C13H15F2NO5S. The van der Waals surface area contributed by atoms with E-state index in [1.54, 1.807) is 0 Å². The second kappa shape index (κ2) is 5.47. The number of ether oxygens (including phenoxy) is 1. The molecule has 122 valence electrons. The van der Waals surface area contributed by atoms with E-state index in [2.05, 4.69) is 4.18 Å². The largest absolute Gasteiger partial charge is 0.443 e. The van der Waals surface area contributed by atoms with Gasteiger partial charge in [0.2, 0.25) is 0 Å². The molecule has 1 aliphatic rings. The molecule has 22 heavy (non-hydrogen) atoms. The van der Waals surface area contributed by atoms with E-state index < -0.39 is 51.8 Å². The van der Waals surface area contributed by atoms with Crippen molar-refractivity contribution in [3.8, 4) is 0 Å². The van der Waals surface area contributed by atoms with Gasteiger partial charge in [0.15, 0.2) is 0 Å². The number of rotatable bonds is 1. The summed E-state index contributed by atoms with van der Waals surface area (Å²) in [6, 6.07) is 1.62. The predicted octanol–water partition coefficient (Wildman–Crippen LogP) is 2.52. The lowest BCUT2D eigenvalue weighted by molar-refractivity contribution is 0.0353. The van der Waals surface area contributed by atoms with Crippen LogP contribution in [0, 0.1) is 11.6 Å². The van der Waals surface area contributed by atoms with Gasteiger partial charge in [0.25, 0.3) is 0 Å². The molecule has 1 saturated heterocycles. The first kappa shape index (κ1) is 16.6. The fourth-order valence-corrected chi connectivity index (χ4v) is 3.10. The van der Waals surface area contributed by atoms with Gasteiger partial charge in [0.05, 0.1) is 6.61 Å². The minimum absolute atomic E-state index is 0.222. The van der Waals surface area contributed by atoms with Crippen LogP contribution in [0.25, 0.3) is 0 Å². The predicted molar refractivity (Wildman–Crippen MR) is 72.0 cm³/mol. The molecule has 1 aromatic rings. The number of carbonyl (C=O) groups excluding carboxylic acids is 1. The molecule has 1 aliphatic heterocycles. The topological polar surface area (TPSA) is 72.9 Å². The third-order valence-electron chi connectivity index (χ3n) is 2.81. The van der Waals surface area contributed by atoms with Gasteiger partial charge in [-0.05, 0) is 32.9 Å². The molecule has 6 nitrogen and oxygen atoms in total. The highest BCUT2D eigenvalue weighted by molar-refractivity contribution is 7.85. The van der Waals surface area contributed by atoms with Crippen LogP contribution in [-0.4, -0.2) is 31.0 Å². The molecule has 0 radical (unpaired) electrons. The Hall–Kier alpha value is -1.74. The Morgan fingerprint density at radius 2 is 1.86 bits per heavy atom. The molecule has 0 spiro atoms. The normalized spacial score (nSPS) is 21.0. The molecule has 1 aromatic carbocycles. The van der Waals surface area contributed by atoms with Crippen molar-refractivity contribution in [1.82, 2.24) is 4.31 Å². The number of hydrogen-bond acceptors (Lipinski definition) is 5. The summed E-state index contributed by atoms with van der Waals surface area (Å²) in [5.41, 5.74) is -1.54. The maximum atomic E-state index is 13.9. The van der Waals surface area contributed by atoms with Gasteiger partial charge < -0.3 is 4.74 Å². The average Bonchev–Trinajstić information content (AvgIpc) is 2.62. The summed E-state index contributed by atoms with van der Waals surface area (Å²) in [5, 5.41) is 0. The molecule has 1 amide bonds. The van der Waals surface area contributed by atoms with Gasteiger partial charge in [-0.25, -0.2) is 13.6 Å². The lowest BCUT2D eigenvalue weighted by atomic mass is 10.1. The fraction of sp³-hybridized carbons (Fsp3) is 0.462. The lowest BCUT2D eigenvalue weighted by Crippen LogP contribution is -2.39. The molecule has 1 atom stereocenters. The van der Waals surface area contributed by atoms with E-state index in [0.29, 0.717) is 0 Å². The number of hydrogen-bond donors (Lipinski definition) is 0. The van der Waals surface area contributed by atoms with Crippen molar-refractivity contribution in [2.24, 2.45) is 0 Å². The summed E-state index contributed by atoms with van der Waals surface area (Å²) < 4.78 is 61.1. The monoisotopic (exact) mass is 335 g/mol. The molecule has 0 aliphatic carbocycles. The number of amides is 1. The Morgan fingerprint density at radius 1 is 1.32 bits per heavy atom. The molecule has 0 unspecified atom stereocenters. The van der Waals surface area contributed by atoms with Crippen LogP contribution in [0.3, 0.4) is 0 Å². The first-order valence-corrected chi connectivity index (χ1v) is 7.75. The van der Waals surface area contributed by atoms with E-state index in [4.69, 9.17) is 4.74 Å². The van der Waals surface area contributed by atoms with Gasteiger partial charge in [-0.2, -0.15) is 12.7 Å². The van der Waals surface area contributed by atoms with Crippen molar-refractivity contribution in [3.63, 3.8) is 0 Å². The van der Waals surface area contributed by atoms with Crippen molar-refractivity contribution in [2.75, 3.05) is 6.61 Å². The van der Waals surface area contributed by atoms with Crippen LogP contribution in [0.2, 0.25) is 0 Å². The summed E-state index contributed by atoms with van der Waals surface area (Å²) >= 11 is 0. The lowest BCUT2D eigenvalue weighted by Gasteiger charge is -2.26. The first-order chi connectivity index (χ1) is 10.0.